The molecule has 1 fully saturated rings. The van der Waals surface area contributed by atoms with Gasteiger partial charge in [-0.3, -0.25) is 10.2 Å². The zero-order valence-electron chi connectivity index (χ0n) is 18.7. The molecule has 2 aliphatic rings. The lowest BCUT2D eigenvalue weighted by atomic mass is 10.00. The van der Waals surface area contributed by atoms with E-state index in [9.17, 15) is 4.79 Å². The summed E-state index contributed by atoms with van der Waals surface area (Å²) in [5, 5.41) is 2.75. The molecule has 168 valence electrons. The molecule has 33 heavy (non-hydrogen) atoms. The van der Waals surface area contributed by atoms with Crippen molar-refractivity contribution in [2.75, 3.05) is 0 Å². The summed E-state index contributed by atoms with van der Waals surface area (Å²) in [7, 11) is 0. The molecule has 1 amide bonds. The van der Waals surface area contributed by atoms with Gasteiger partial charge in [0.2, 0.25) is 0 Å². The van der Waals surface area contributed by atoms with Crippen LogP contribution in [0.15, 0.2) is 81.5 Å². The van der Waals surface area contributed by atoms with Crippen LogP contribution in [0.25, 0.3) is 0 Å². The van der Waals surface area contributed by atoms with Crippen molar-refractivity contribution >= 4 is 40.7 Å². The van der Waals surface area contributed by atoms with Crippen molar-refractivity contribution in [3.05, 3.63) is 88.4 Å². The number of halogens is 1. The summed E-state index contributed by atoms with van der Waals surface area (Å²) >= 11 is 8.23. The molecule has 0 aliphatic carbocycles. The molecule has 3 aromatic carbocycles. The maximum absolute atomic E-state index is 13.2. The van der Waals surface area contributed by atoms with E-state index < -0.39 is 0 Å². The Hall–Kier alpha value is -2.60. The molecular formula is C27H26ClN3OS. The zero-order valence-corrected chi connectivity index (χ0v) is 20.3. The molecule has 3 aromatic rings. The standard InChI is InChI=1S/C27H26ClN3OS/c1-17-8-7-9-18(2)31(17)30-27(32)19-14-15-25-23(16-19)29-26(20-10-3-5-12-22(20)28)21-11-4-6-13-24(21)33-25/h3-6,10-18H,7-9H2,1-2H3,(H,30,32)/t17-,18+. The largest absolute Gasteiger partial charge is 0.284 e. The fourth-order valence-electron chi connectivity index (χ4n) is 4.56. The monoisotopic (exact) mass is 475 g/mol. The maximum Gasteiger partial charge on any atom is 0.265 e. The molecule has 1 saturated heterocycles. The third kappa shape index (κ3) is 4.45. The van der Waals surface area contributed by atoms with Crippen molar-refractivity contribution in [2.45, 2.75) is 55.0 Å². The van der Waals surface area contributed by atoms with Crippen molar-refractivity contribution in [2.24, 2.45) is 4.99 Å². The van der Waals surface area contributed by atoms with Crippen LogP contribution >= 0.6 is 23.4 Å². The van der Waals surface area contributed by atoms with Gasteiger partial charge in [0.1, 0.15) is 0 Å². The van der Waals surface area contributed by atoms with Gasteiger partial charge in [-0.2, -0.15) is 0 Å². The Kier molecular flexibility index (Phi) is 6.28. The van der Waals surface area contributed by atoms with E-state index in [4.69, 9.17) is 16.6 Å². The van der Waals surface area contributed by atoms with Gasteiger partial charge in [0.05, 0.1) is 11.4 Å². The first-order valence-electron chi connectivity index (χ1n) is 11.4. The fraction of sp³-hybridized carbons (Fsp3) is 0.259. The van der Waals surface area contributed by atoms with E-state index in [0.29, 0.717) is 22.7 Å². The third-order valence-corrected chi connectivity index (χ3v) is 7.84. The highest BCUT2D eigenvalue weighted by Crippen LogP contribution is 2.42. The number of fused-ring (bicyclic) bond motifs is 2. The summed E-state index contributed by atoms with van der Waals surface area (Å²) < 4.78 is 0. The Morgan fingerprint density at radius 1 is 0.970 bits per heavy atom. The number of amides is 1. The second-order valence-electron chi connectivity index (χ2n) is 8.70. The normalized spacial score (nSPS) is 20.3. The third-order valence-electron chi connectivity index (χ3n) is 6.37. The Labute approximate surface area is 204 Å². The highest BCUT2D eigenvalue weighted by molar-refractivity contribution is 7.99. The number of nitrogens with one attached hydrogen (secondary N) is 1. The first-order valence-corrected chi connectivity index (χ1v) is 12.5. The zero-order chi connectivity index (χ0) is 22.9. The lowest BCUT2D eigenvalue weighted by Crippen LogP contribution is -2.54. The Morgan fingerprint density at radius 3 is 2.42 bits per heavy atom. The minimum atomic E-state index is -0.0975. The SMILES string of the molecule is C[C@@H]1CCC[C@H](C)N1NC(=O)c1ccc2c(c1)N=C(c1ccccc1Cl)c1ccccc1S2. The molecule has 0 radical (unpaired) electrons. The molecule has 5 rings (SSSR count). The second kappa shape index (κ2) is 9.34. The number of rotatable bonds is 3. The lowest BCUT2D eigenvalue weighted by molar-refractivity contribution is 0.0370. The van der Waals surface area contributed by atoms with Gasteiger partial charge in [0.15, 0.2) is 0 Å². The molecule has 0 bridgehead atoms. The Morgan fingerprint density at radius 2 is 1.67 bits per heavy atom. The van der Waals surface area contributed by atoms with Gasteiger partial charge < -0.3 is 0 Å². The van der Waals surface area contributed by atoms with Gasteiger partial charge in [-0.25, -0.2) is 10.0 Å². The van der Waals surface area contributed by atoms with Gasteiger partial charge in [-0.05, 0) is 57.0 Å². The predicted molar refractivity (Wildman–Crippen MR) is 136 cm³/mol. The average Bonchev–Trinajstić information content (AvgIpc) is 2.98. The van der Waals surface area contributed by atoms with Gasteiger partial charge in [0.25, 0.3) is 5.91 Å². The predicted octanol–water partition coefficient (Wildman–Crippen LogP) is 6.88. The summed E-state index contributed by atoms with van der Waals surface area (Å²) in [4.78, 5) is 20.3. The van der Waals surface area contributed by atoms with E-state index >= 15 is 0 Å². The van der Waals surface area contributed by atoms with E-state index in [1.165, 1.54) is 6.42 Å². The molecule has 2 heterocycles. The van der Waals surface area contributed by atoms with Crippen LogP contribution in [0.4, 0.5) is 5.69 Å². The molecular weight excluding hydrogens is 450 g/mol. The van der Waals surface area contributed by atoms with E-state index in [-0.39, 0.29) is 5.91 Å². The van der Waals surface area contributed by atoms with E-state index in [1.807, 2.05) is 54.6 Å². The van der Waals surface area contributed by atoms with Crippen LogP contribution in [0.5, 0.6) is 0 Å². The second-order valence-corrected chi connectivity index (χ2v) is 10.2. The molecule has 0 aromatic heterocycles. The van der Waals surface area contributed by atoms with E-state index in [0.717, 1.165) is 45.2 Å². The summed E-state index contributed by atoms with van der Waals surface area (Å²) in [6.07, 6.45) is 3.38. The highest BCUT2D eigenvalue weighted by atomic mass is 35.5. The van der Waals surface area contributed by atoms with Gasteiger partial charge in [-0.15, -0.1) is 0 Å². The Balaban J connectivity index is 1.54. The van der Waals surface area contributed by atoms with Gasteiger partial charge in [0, 0.05) is 43.6 Å². The van der Waals surface area contributed by atoms with Crippen molar-refractivity contribution in [3.8, 4) is 0 Å². The quantitative estimate of drug-likeness (QED) is 0.351. The number of hydrazine groups is 1. The van der Waals surface area contributed by atoms with Crippen LogP contribution in [0, 0.1) is 0 Å². The topological polar surface area (TPSA) is 44.7 Å². The van der Waals surface area contributed by atoms with Gasteiger partial charge >= 0.3 is 0 Å². The smallest absolute Gasteiger partial charge is 0.265 e. The Bertz CT molecular complexity index is 1230. The minimum Gasteiger partial charge on any atom is -0.284 e. The number of carbonyl (C=O) groups is 1. The number of nitrogens with zero attached hydrogens (tertiary/aromatic N) is 2. The number of carbonyl (C=O) groups excluding carboxylic acids is 1. The van der Waals surface area contributed by atoms with Crippen LogP contribution < -0.4 is 5.43 Å². The van der Waals surface area contributed by atoms with Crippen LogP contribution in [0.2, 0.25) is 5.02 Å². The van der Waals surface area contributed by atoms with Crippen LogP contribution in [0.1, 0.15) is 54.6 Å². The molecule has 2 aliphatic heterocycles. The van der Waals surface area contributed by atoms with Crippen LogP contribution in [-0.2, 0) is 0 Å². The summed E-state index contributed by atoms with van der Waals surface area (Å²) in [5.74, 6) is -0.0975. The number of aliphatic imine (C=N–C) groups is 1. The highest BCUT2D eigenvalue weighted by Gasteiger charge is 2.27. The summed E-state index contributed by atoms with van der Waals surface area (Å²) in [5.41, 5.74) is 7.26. The molecule has 0 unspecified atom stereocenters. The van der Waals surface area contributed by atoms with Crippen molar-refractivity contribution in [1.82, 2.24) is 10.4 Å². The molecule has 0 spiro atoms. The number of hydrogen-bond acceptors (Lipinski definition) is 4. The molecule has 4 nitrogen and oxygen atoms in total. The van der Waals surface area contributed by atoms with Crippen LogP contribution in [-0.4, -0.2) is 28.7 Å². The van der Waals surface area contributed by atoms with Crippen LogP contribution in [0.3, 0.4) is 0 Å². The van der Waals surface area contributed by atoms with Crippen molar-refractivity contribution < 1.29 is 4.79 Å². The van der Waals surface area contributed by atoms with E-state index in [2.05, 4.69) is 36.4 Å². The fourth-order valence-corrected chi connectivity index (χ4v) is 5.79. The summed E-state index contributed by atoms with van der Waals surface area (Å²) in [6.45, 7) is 4.34. The lowest BCUT2D eigenvalue weighted by Gasteiger charge is -2.38. The average molecular weight is 476 g/mol. The molecule has 6 heteroatoms. The molecule has 2 atom stereocenters. The number of benzene rings is 3. The van der Waals surface area contributed by atoms with E-state index in [1.54, 1.807) is 11.8 Å². The minimum absolute atomic E-state index is 0.0975. The number of piperidine rings is 1. The molecule has 0 saturated carbocycles. The first-order chi connectivity index (χ1) is 16.0. The first kappa shape index (κ1) is 22.2. The maximum atomic E-state index is 13.2. The van der Waals surface area contributed by atoms with Crippen molar-refractivity contribution in [3.63, 3.8) is 0 Å². The number of hydrogen-bond donors (Lipinski definition) is 1. The van der Waals surface area contributed by atoms with Crippen molar-refractivity contribution in [1.29, 1.82) is 0 Å². The summed E-state index contributed by atoms with van der Waals surface area (Å²) in [6, 6.07) is 22.4. The van der Waals surface area contributed by atoms with Gasteiger partial charge in [-0.1, -0.05) is 66.2 Å². The molecule has 1 N–H and O–H groups in total.